The normalized spacial score (nSPS) is 18.9. The minimum atomic E-state index is -0.433. The topological polar surface area (TPSA) is 75.2 Å². The monoisotopic (exact) mass is 436 g/mol. The molecule has 0 spiro atoms. The molecule has 1 aliphatic heterocycles. The minimum Gasteiger partial charge on any atom is -0.342 e. The van der Waals surface area contributed by atoms with Gasteiger partial charge in [0.05, 0.1) is 11.2 Å². The molecule has 4 rings (SSSR count). The number of carbonyl (C=O) groups excluding carboxylic acids is 2. The first-order valence-corrected chi connectivity index (χ1v) is 12.5. The molecule has 0 atom stereocenters. The summed E-state index contributed by atoms with van der Waals surface area (Å²) in [6, 6.07) is 4.07. The van der Waals surface area contributed by atoms with Gasteiger partial charge in [-0.3, -0.25) is 14.9 Å². The summed E-state index contributed by atoms with van der Waals surface area (Å²) in [6.07, 6.45) is 7.30. The van der Waals surface area contributed by atoms with Crippen LogP contribution >= 0.6 is 34.4 Å². The molecule has 2 fully saturated rings. The molecule has 2 aliphatic rings. The van der Waals surface area contributed by atoms with E-state index in [4.69, 9.17) is 0 Å². The molecule has 0 unspecified atom stereocenters. The maximum atomic E-state index is 13.1. The van der Waals surface area contributed by atoms with Crippen molar-refractivity contribution in [1.29, 1.82) is 0 Å². The second-order valence-corrected chi connectivity index (χ2v) is 10.5. The van der Waals surface area contributed by atoms with Crippen LogP contribution in [0.3, 0.4) is 0 Å². The number of anilines is 1. The van der Waals surface area contributed by atoms with Crippen molar-refractivity contribution in [1.82, 2.24) is 15.1 Å². The van der Waals surface area contributed by atoms with Gasteiger partial charge in [-0.05, 0) is 43.6 Å². The Morgan fingerprint density at radius 3 is 2.64 bits per heavy atom. The molecule has 1 N–H and O–H groups in total. The molecule has 2 aromatic heterocycles. The third kappa shape index (κ3) is 4.26. The summed E-state index contributed by atoms with van der Waals surface area (Å²) in [5.74, 6) is 0.555. The largest absolute Gasteiger partial charge is 0.342 e. The number of nitrogens with one attached hydrogen (secondary N) is 1. The van der Waals surface area contributed by atoms with Gasteiger partial charge in [0.25, 0.3) is 0 Å². The maximum absolute atomic E-state index is 13.1. The molecule has 9 heteroatoms. The summed E-state index contributed by atoms with van der Waals surface area (Å²) >= 11 is 4.40. The number of piperidine rings is 1. The number of hydrogen-bond acceptors (Lipinski definition) is 7. The first-order chi connectivity index (χ1) is 13.7. The van der Waals surface area contributed by atoms with Crippen molar-refractivity contribution in [3.63, 3.8) is 0 Å². The van der Waals surface area contributed by atoms with Crippen molar-refractivity contribution in [3.05, 3.63) is 22.4 Å². The fourth-order valence-electron chi connectivity index (χ4n) is 4.01. The van der Waals surface area contributed by atoms with Gasteiger partial charge in [-0.15, -0.1) is 21.5 Å². The van der Waals surface area contributed by atoms with E-state index in [-0.39, 0.29) is 11.8 Å². The molecule has 28 heavy (non-hydrogen) atoms. The molecule has 1 saturated heterocycles. The second-order valence-electron chi connectivity index (χ2n) is 7.32. The quantitative estimate of drug-likeness (QED) is 0.544. The molecular formula is C19H24N4O2S3. The van der Waals surface area contributed by atoms with Crippen LogP contribution < -0.4 is 5.32 Å². The zero-order valence-electron chi connectivity index (χ0n) is 15.7. The van der Waals surface area contributed by atoms with Gasteiger partial charge in [0, 0.05) is 18.0 Å². The van der Waals surface area contributed by atoms with Crippen molar-refractivity contribution in [3.8, 4) is 0 Å². The summed E-state index contributed by atoms with van der Waals surface area (Å²) in [4.78, 5) is 28.4. The minimum absolute atomic E-state index is 0.0181. The number of aromatic nitrogens is 2. The van der Waals surface area contributed by atoms with E-state index in [9.17, 15) is 9.59 Å². The number of thiophene rings is 1. The van der Waals surface area contributed by atoms with Gasteiger partial charge in [-0.2, -0.15) is 0 Å². The Morgan fingerprint density at radius 2 is 1.93 bits per heavy atom. The Hall–Kier alpha value is -1.45. The molecule has 0 bridgehead atoms. The van der Waals surface area contributed by atoms with Crippen molar-refractivity contribution in [2.24, 2.45) is 0 Å². The predicted molar refractivity (Wildman–Crippen MR) is 114 cm³/mol. The van der Waals surface area contributed by atoms with Gasteiger partial charge in [-0.25, -0.2) is 0 Å². The number of hydrogen-bond donors (Lipinski definition) is 1. The number of likely N-dealkylation sites (tertiary alicyclic amines) is 1. The predicted octanol–water partition coefficient (Wildman–Crippen LogP) is 4.15. The Bertz CT molecular complexity index is 809. The Balaban J connectivity index is 1.35. The summed E-state index contributed by atoms with van der Waals surface area (Å²) in [6.45, 7) is 1.73. The van der Waals surface area contributed by atoms with Gasteiger partial charge in [0.2, 0.25) is 16.9 Å². The van der Waals surface area contributed by atoms with Gasteiger partial charge in [0.1, 0.15) is 0 Å². The van der Waals surface area contributed by atoms with Crippen LogP contribution in [0.15, 0.2) is 21.9 Å². The number of carbonyl (C=O) groups is 2. The fourth-order valence-corrected chi connectivity index (χ4v) is 6.64. The first-order valence-electron chi connectivity index (χ1n) is 9.77. The standard InChI is InChI=1S/C19H24N4O2S3/c24-15(23-10-4-1-5-11-23)13-27-18-22-21-17(28-18)20-16(25)19(8-2-3-9-19)14-7-6-12-26-14/h6-7,12H,1-5,8-11,13H2,(H,20,21,25). The SMILES string of the molecule is O=C(CSc1nnc(NC(=O)C2(c3cccs3)CCCC2)s1)N1CCCCC1. The van der Waals surface area contributed by atoms with Gasteiger partial charge >= 0.3 is 0 Å². The fraction of sp³-hybridized carbons (Fsp3) is 0.579. The van der Waals surface area contributed by atoms with Gasteiger partial charge in [0.15, 0.2) is 4.34 Å². The average Bonchev–Trinajstić information content (AvgIpc) is 3.48. The van der Waals surface area contributed by atoms with Crippen LogP contribution in [0.1, 0.15) is 49.8 Å². The zero-order valence-corrected chi connectivity index (χ0v) is 18.1. The van der Waals surface area contributed by atoms with E-state index in [1.807, 2.05) is 16.3 Å². The summed E-state index contributed by atoms with van der Waals surface area (Å²) < 4.78 is 0.720. The van der Waals surface area contributed by atoms with Crippen molar-refractivity contribution in [2.75, 3.05) is 24.2 Å². The average molecular weight is 437 g/mol. The van der Waals surface area contributed by atoms with Crippen molar-refractivity contribution < 1.29 is 9.59 Å². The Kier molecular flexibility index (Phi) is 6.32. The van der Waals surface area contributed by atoms with Crippen LogP contribution in [0, 0.1) is 0 Å². The summed E-state index contributed by atoms with van der Waals surface area (Å²) in [7, 11) is 0. The van der Waals surface area contributed by atoms with Crippen LogP contribution in [0.2, 0.25) is 0 Å². The molecule has 1 aliphatic carbocycles. The highest BCUT2D eigenvalue weighted by atomic mass is 32.2. The highest BCUT2D eigenvalue weighted by molar-refractivity contribution is 8.01. The molecule has 2 amide bonds. The van der Waals surface area contributed by atoms with Crippen molar-refractivity contribution >= 4 is 51.4 Å². The lowest BCUT2D eigenvalue weighted by Gasteiger charge is -2.26. The first kappa shape index (κ1) is 19.8. The van der Waals surface area contributed by atoms with Crippen LogP contribution in [0.25, 0.3) is 0 Å². The smallest absolute Gasteiger partial charge is 0.237 e. The molecular weight excluding hydrogens is 412 g/mol. The van der Waals surface area contributed by atoms with Crippen LogP contribution in [-0.4, -0.2) is 45.8 Å². The molecule has 2 aromatic rings. The van der Waals surface area contributed by atoms with Gasteiger partial charge < -0.3 is 4.90 Å². The number of nitrogens with zero attached hydrogens (tertiary/aromatic N) is 3. The lowest BCUT2D eigenvalue weighted by atomic mass is 9.83. The van der Waals surface area contributed by atoms with E-state index in [1.54, 1.807) is 11.3 Å². The summed E-state index contributed by atoms with van der Waals surface area (Å²) in [5.41, 5.74) is -0.433. The van der Waals surface area contributed by atoms with E-state index in [1.165, 1.54) is 29.5 Å². The van der Waals surface area contributed by atoms with E-state index in [0.29, 0.717) is 10.9 Å². The molecule has 0 radical (unpaired) electrons. The highest BCUT2D eigenvalue weighted by Crippen LogP contribution is 2.44. The van der Waals surface area contributed by atoms with E-state index in [2.05, 4.69) is 21.6 Å². The zero-order chi connectivity index (χ0) is 19.4. The Labute approximate surface area is 177 Å². The third-order valence-corrected chi connectivity index (χ3v) is 8.57. The molecule has 3 heterocycles. The van der Waals surface area contributed by atoms with Crippen LogP contribution in [0.4, 0.5) is 5.13 Å². The van der Waals surface area contributed by atoms with Crippen molar-refractivity contribution in [2.45, 2.75) is 54.7 Å². The number of rotatable bonds is 6. The molecule has 1 saturated carbocycles. The van der Waals surface area contributed by atoms with E-state index >= 15 is 0 Å². The maximum Gasteiger partial charge on any atom is 0.237 e. The summed E-state index contributed by atoms with van der Waals surface area (Å²) in [5, 5.41) is 13.8. The van der Waals surface area contributed by atoms with Crippen LogP contribution in [-0.2, 0) is 15.0 Å². The molecule has 6 nitrogen and oxygen atoms in total. The highest BCUT2D eigenvalue weighted by Gasteiger charge is 2.43. The number of amides is 2. The van der Waals surface area contributed by atoms with E-state index in [0.717, 1.165) is 60.8 Å². The van der Waals surface area contributed by atoms with Gasteiger partial charge in [-0.1, -0.05) is 42.0 Å². The number of thioether (sulfide) groups is 1. The van der Waals surface area contributed by atoms with Crippen LogP contribution in [0.5, 0.6) is 0 Å². The molecule has 150 valence electrons. The Morgan fingerprint density at radius 1 is 1.14 bits per heavy atom. The molecule has 0 aromatic carbocycles. The lowest BCUT2D eigenvalue weighted by molar-refractivity contribution is -0.129. The second kappa shape index (κ2) is 8.92. The third-order valence-electron chi connectivity index (χ3n) is 5.54. The van der Waals surface area contributed by atoms with E-state index < -0.39 is 5.41 Å². The lowest BCUT2D eigenvalue weighted by Crippen LogP contribution is -2.37.